The van der Waals surface area contributed by atoms with E-state index >= 15 is 0 Å². The summed E-state index contributed by atoms with van der Waals surface area (Å²) in [7, 11) is 0. The molecule has 0 radical (unpaired) electrons. The average molecular weight is 194 g/mol. The molecule has 0 aromatic heterocycles. The number of hydrogen-bond donors (Lipinski definition) is 0. The van der Waals surface area contributed by atoms with Crippen LogP contribution in [-0.2, 0) is 0 Å². The van der Waals surface area contributed by atoms with Gasteiger partial charge in [0.15, 0.2) is 0 Å². The van der Waals surface area contributed by atoms with Gasteiger partial charge in [0.2, 0.25) is 0 Å². The normalized spacial score (nSPS) is 12.6. The molecular formula is C14H26. The molecule has 0 aromatic rings. The number of hydrogen-bond acceptors (Lipinski definition) is 0. The van der Waals surface area contributed by atoms with E-state index in [-0.39, 0.29) is 0 Å². The van der Waals surface area contributed by atoms with E-state index in [1.54, 1.807) is 0 Å². The van der Waals surface area contributed by atoms with Gasteiger partial charge in [0, 0.05) is 0 Å². The topological polar surface area (TPSA) is 0 Å². The van der Waals surface area contributed by atoms with Crippen LogP contribution >= 0.6 is 0 Å². The first-order chi connectivity index (χ1) is 6.20. The molecule has 82 valence electrons. The summed E-state index contributed by atoms with van der Waals surface area (Å²) in [5.41, 5.74) is 1.94. The molecule has 0 unspecified atom stereocenters. The highest BCUT2D eigenvalue weighted by Crippen LogP contribution is 2.41. The van der Waals surface area contributed by atoms with Gasteiger partial charge in [0.25, 0.3) is 0 Å². The van der Waals surface area contributed by atoms with Crippen LogP contribution in [0.4, 0.5) is 0 Å². The Hall–Kier alpha value is -0.520. The van der Waals surface area contributed by atoms with Crippen LogP contribution in [0.3, 0.4) is 0 Å². The molecule has 0 atom stereocenters. The Morgan fingerprint density at radius 2 is 1.64 bits per heavy atom. The van der Waals surface area contributed by atoms with Gasteiger partial charge in [0.05, 0.1) is 0 Å². The van der Waals surface area contributed by atoms with Gasteiger partial charge in [-0.05, 0) is 30.1 Å². The van der Waals surface area contributed by atoms with Crippen LogP contribution in [-0.4, -0.2) is 0 Å². The van der Waals surface area contributed by atoms with Gasteiger partial charge >= 0.3 is 0 Å². The fourth-order valence-electron chi connectivity index (χ4n) is 1.23. The Kier molecular flexibility index (Phi) is 4.64. The van der Waals surface area contributed by atoms with E-state index in [1.165, 1.54) is 12.8 Å². The van der Waals surface area contributed by atoms with Crippen molar-refractivity contribution in [3.8, 4) is 0 Å². The maximum Gasteiger partial charge on any atom is -0.0285 e. The standard InChI is InChI=1S/C14H26/c1-8-12(2)10-9-11-14(6,7)13(3,4)5/h8H,1-2,9-11H2,3-7H3. The van der Waals surface area contributed by atoms with Crippen molar-refractivity contribution in [1.82, 2.24) is 0 Å². The first-order valence-corrected chi connectivity index (χ1v) is 5.51. The predicted octanol–water partition coefficient (Wildman–Crippen LogP) is 4.97. The molecule has 0 bridgehead atoms. The summed E-state index contributed by atoms with van der Waals surface area (Å²) in [6.07, 6.45) is 5.42. The Morgan fingerprint density at radius 1 is 1.14 bits per heavy atom. The third-order valence-electron chi connectivity index (χ3n) is 3.62. The van der Waals surface area contributed by atoms with Crippen LogP contribution in [0, 0.1) is 10.8 Å². The van der Waals surface area contributed by atoms with Gasteiger partial charge in [-0.3, -0.25) is 0 Å². The Bertz CT molecular complexity index is 201. The lowest BCUT2D eigenvalue weighted by Gasteiger charge is -2.39. The van der Waals surface area contributed by atoms with Crippen molar-refractivity contribution >= 4 is 0 Å². The lowest BCUT2D eigenvalue weighted by Crippen LogP contribution is -2.29. The Balaban J connectivity index is 4.01. The Labute approximate surface area is 90.1 Å². The molecule has 0 heterocycles. The molecule has 0 aliphatic carbocycles. The lowest BCUT2D eigenvalue weighted by atomic mass is 9.66. The molecule has 0 spiro atoms. The van der Waals surface area contributed by atoms with Crippen molar-refractivity contribution in [1.29, 1.82) is 0 Å². The maximum absolute atomic E-state index is 3.94. The molecule has 0 saturated heterocycles. The monoisotopic (exact) mass is 194 g/mol. The molecule has 0 N–H and O–H groups in total. The van der Waals surface area contributed by atoms with Gasteiger partial charge in [-0.1, -0.05) is 59.4 Å². The van der Waals surface area contributed by atoms with Crippen LogP contribution in [0.5, 0.6) is 0 Å². The minimum Gasteiger partial charge on any atom is -0.0988 e. The van der Waals surface area contributed by atoms with Crippen molar-refractivity contribution in [3.05, 3.63) is 24.8 Å². The first kappa shape index (κ1) is 13.5. The molecule has 0 heteroatoms. The summed E-state index contributed by atoms with van der Waals surface area (Å²) in [5.74, 6) is 0. The molecule has 14 heavy (non-hydrogen) atoms. The predicted molar refractivity (Wildman–Crippen MR) is 66.4 cm³/mol. The fraction of sp³-hybridized carbons (Fsp3) is 0.714. The van der Waals surface area contributed by atoms with E-state index in [0.29, 0.717) is 10.8 Å². The van der Waals surface area contributed by atoms with E-state index < -0.39 is 0 Å². The van der Waals surface area contributed by atoms with Crippen molar-refractivity contribution in [3.63, 3.8) is 0 Å². The van der Waals surface area contributed by atoms with Gasteiger partial charge in [-0.25, -0.2) is 0 Å². The maximum atomic E-state index is 3.94. The molecule has 0 aliphatic heterocycles. The molecule has 0 rings (SSSR count). The second kappa shape index (κ2) is 4.82. The summed E-state index contributed by atoms with van der Waals surface area (Å²) in [6, 6.07) is 0. The van der Waals surface area contributed by atoms with Crippen molar-refractivity contribution < 1.29 is 0 Å². The van der Waals surface area contributed by atoms with E-state index in [9.17, 15) is 0 Å². The fourth-order valence-corrected chi connectivity index (χ4v) is 1.23. The Morgan fingerprint density at radius 3 is 2.00 bits per heavy atom. The van der Waals surface area contributed by atoms with E-state index in [0.717, 1.165) is 12.0 Å². The quantitative estimate of drug-likeness (QED) is 0.542. The SMILES string of the molecule is C=CC(=C)CCCC(C)(C)C(C)(C)C. The third-order valence-corrected chi connectivity index (χ3v) is 3.62. The summed E-state index contributed by atoms with van der Waals surface area (Å²) < 4.78 is 0. The summed E-state index contributed by atoms with van der Waals surface area (Å²) >= 11 is 0. The van der Waals surface area contributed by atoms with Gasteiger partial charge in [-0.2, -0.15) is 0 Å². The lowest BCUT2D eigenvalue weighted by molar-refractivity contribution is 0.117. The van der Waals surface area contributed by atoms with E-state index in [1.807, 2.05) is 6.08 Å². The molecule has 0 amide bonds. The van der Waals surface area contributed by atoms with Crippen LogP contribution in [0.25, 0.3) is 0 Å². The number of rotatable bonds is 5. The van der Waals surface area contributed by atoms with E-state index in [4.69, 9.17) is 0 Å². The first-order valence-electron chi connectivity index (χ1n) is 5.51. The molecule has 0 aliphatic rings. The van der Waals surface area contributed by atoms with E-state index in [2.05, 4.69) is 47.8 Å². The van der Waals surface area contributed by atoms with Crippen LogP contribution < -0.4 is 0 Å². The van der Waals surface area contributed by atoms with Gasteiger partial charge in [0.1, 0.15) is 0 Å². The van der Waals surface area contributed by atoms with Crippen LogP contribution in [0.1, 0.15) is 53.9 Å². The van der Waals surface area contributed by atoms with Crippen LogP contribution in [0.2, 0.25) is 0 Å². The largest absolute Gasteiger partial charge is 0.0988 e. The second-order valence-corrected chi connectivity index (χ2v) is 5.85. The zero-order valence-corrected chi connectivity index (χ0v) is 10.6. The van der Waals surface area contributed by atoms with Gasteiger partial charge in [-0.15, -0.1) is 0 Å². The van der Waals surface area contributed by atoms with Crippen molar-refractivity contribution in [2.45, 2.75) is 53.9 Å². The molecule has 0 aromatic carbocycles. The van der Waals surface area contributed by atoms with Crippen LogP contribution in [0.15, 0.2) is 24.8 Å². The highest BCUT2D eigenvalue weighted by molar-refractivity contribution is 5.10. The molecule has 0 nitrogen and oxygen atoms in total. The highest BCUT2D eigenvalue weighted by atomic mass is 14.4. The zero-order chi connectivity index (χ0) is 11.4. The third kappa shape index (κ3) is 4.13. The molecule has 0 saturated carbocycles. The van der Waals surface area contributed by atoms with Crippen molar-refractivity contribution in [2.24, 2.45) is 10.8 Å². The smallest absolute Gasteiger partial charge is 0.0285 e. The zero-order valence-electron chi connectivity index (χ0n) is 10.6. The molecule has 0 fully saturated rings. The minimum atomic E-state index is 0.377. The summed E-state index contributed by atoms with van der Waals surface area (Å²) in [4.78, 5) is 0. The summed E-state index contributed by atoms with van der Waals surface area (Å²) in [6.45, 7) is 19.3. The minimum absolute atomic E-state index is 0.377. The number of allylic oxidation sites excluding steroid dienone is 2. The highest BCUT2D eigenvalue weighted by Gasteiger charge is 2.31. The molecular weight excluding hydrogens is 168 g/mol. The average Bonchev–Trinajstić information content (AvgIpc) is 2.01. The summed E-state index contributed by atoms with van der Waals surface area (Å²) in [5, 5.41) is 0. The van der Waals surface area contributed by atoms with Gasteiger partial charge < -0.3 is 0 Å². The second-order valence-electron chi connectivity index (χ2n) is 5.85. The van der Waals surface area contributed by atoms with Crippen molar-refractivity contribution in [2.75, 3.05) is 0 Å².